The van der Waals surface area contributed by atoms with Gasteiger partial charge in [-0.25, -0.2) is 9.97 Å². The average molecular weight is 455 g/mol. The van der Waals surface area contributed by atoms with Gasteiger partial charge in [-0.3, -0.25) is 9.59 Å². The number of nitrogens with two attached hydrogens (primary N) is 1. The molecule has 0 aliphatic rings. The van der Waals surface area contributed by atoms with E-state index < -0.39 is 5.91 Å². The van der Waals surface area contributed by atoms with E-state index in [9.17, 15) is 9.59 Å². The molecule has 174 valence electrons. The first-order chi connectivity index (χ1) is 16.6. The summed E-state index contributed by atoms with van der Waals surface area (Å²) in [6.07, 6.45) is 3.64. The standard InChI is InChI=1S/C26H24N4O2.C2H6/c27-25(32)22-5-1-4-21(16-22)19-11-9-18(10-12-19)17-29-24(31)8-2-7-23-14-13-20-6-3-15-28-26(20)30-23;1-2/h1,3-6,9-16H,2,7-8,17H2,(H2,27,32)(H,29,31);1-2H3. The molecule has 0 saturated carbocycles. The van der Waals surface area contributed by atoms with E-state index >= 15 is 0 Å². The van der Waals surface area contributed by atoms with Crippen molar-refractivity contribution in [1.82, 2.24) is 15.3 Å². The number of carbonyl (C=O) groups excluding carboxylic acids is 2. The molecule has 0 bridgehead atoms. The highest BCUT2D eigenvalue weighted by Crippen LogP contribution is 2.21. The van der Waals surface area contributed by atoms with E-state index in [0.717, 1.165) is 46.3 Å². The second kappa shape index (κ2) is 12.3. The molecule has 0 aliphatic carbocycles. The molecule has 2 amide bonds. The molecule has 6 heteroatoms. The topological polar surface area (TPSA) is 98.0 Å². The van der Waals surface area contributed by atoms with Crippen molar-refractivity contribution in [2.75, 3.05) is 0 Å². The van der Waals surface area contributed by atoms with Crippen LogP contribution in [-0.2, 0) is 17.8 Å². The molecule has 0 fully saturated rings. The number of hydrogen-bond donors (Lipinski definition) is 2. The smallest absolute Gasteiger partial charge is 0.248 e. The van der Waals surface area contributed by atoms with E-state index in [1.807, 2.05) is 74.5 Å². The highest BCUT2D eigenvalue weighted by Gasteiger charge is 2.06. The van der Waals surface area contributed by atoms with Gasteiger partial charge in [-0.05, 0) is 65.9 Å². The van der Waals surface area contributed by atoms with Crippen molar-refractivity contribution in [3.8, 4) is 11.1 Å². The minimum Gasteiger partial charge on any atom is -0.366 e. The third-order valence-corrected chi connectivity index (χ3v) is 5.28. The van der Waals surface area contributed by atoms with Gasteiger partial charge in [0.2, 0.25) is 11.8 Å². The van der Waals surface area contributed by atoms with Crippen LogP contribution in [0.25, 0.3) is 22.2 Å². The molecule has 2 aromatic heterocycles. The van der Waals surface area contributed by atoms with Crippen molar-refractivity contribution in [1.29, 1.82) is 0 Å². The number of nitrogens with zero attached hydrogens (tertiary/aromatic N) is 2. The molecule has 4 aromatic rings. The number of benzene rings is 2. The molecule has 0 atom stereocenters. The molecule has 0 radical (unpaired) electrons. The number of amides is 2. The normalized spacial score (nSPS) is 10.3. The molecular weight excluding hydrogens is 424 g/mol. The highest BCUT2D eigenvalue weighted by molar-refractivity contribution is 5.94. The van der Waals surface area contributed by atoms with Gasteiger partial charge in [0.15, 0.2) is 5.65 Å². The molecule has 0 aliphatic heterocycles. The van der Waals surface area contributed by atoms with Gasteiger partial charge in [0, 0.05) is 35.8 Å². The van der Waals surface area contributed by atoms with E-state index in [-0.39, 0.29) is 5.91 Å². The first kappa shape index (κ1) is 24.6. The SMILES string of the molecule is CC.NC(=O)c1cccc(-c2ccc(CNC(=O)CCCc3ccc4cccnc4n3)cc2)c1. The lowest BCUT2D eigenvalue weighted by molar-refractivity contribution is -0.121. The average Bonchev–Trinajstić information content (AvgIpc) is 2.89. The number of aryl methyl sites for hydroxylation is 1. The van der Waals surface area contributed by atoms with Crippen LogP contribution in [0, 0.1) is 0 Å². The molecule has 3 N–H and O–H groups in total. The summed E-state index contributed by atoms with van der Waals surface area (Å²) in [6.45, 7) is 4.47. The van der Waals surface area contributed by atoms with Crippen LogP contribution < -0.4 is 11.1 Å². The van der Waals surface area contributed by atoms with Gasteiger partial charge in [-0.2, -0.15) is 0 Å². The van der Waals surface area contributed by atoms with Crippen LogP contribution in [0.5, 0.6) is 0 Å². The van der Waals surface area contributed by atoms with Gasteiger partial charge in [0.05, 0.1) is 0 Å². The summed E-state index contributed by atoms with van der Waals surface area (Å²) in [5.74, 6) is -0.429. The van der Waals surface area contributed by atoms with Crippen LogP contribution in [0.15, 0.2) is 79.0 Å². The van der Waals surface area contributed by atoms with Gasteiger partial charge in [0.1, 0.15) is 0 Å². The zero-order valence-electron chi connectivity index (χ0n) is 19.6. The number of rotatable bonds is 8. The summed E-state index contributed by atoms with van der Waals surface area (Å²) in [4.78, 5) is 32.4. The fourth-order valence-electron chi connectivity index (χ4n) is 3.52. The Morgan fingerprint density at radius 2 is 1.71 bits per heavy atom. The third kappa shape index (κ3) is 6.72. The second-order valence-corrected chi connectivity index (χ2v) is 7.62. The largest absolute Gasteiger partial charge is 0.366 e. The monoisotopic (exact) mass is 454 g/mol. The van der Waals surface area contributed by atoms with Crippen molar-refractivity contribution in [2.24, 2.45) is 5.73 Å². The molecule has 34 heavy (non-hydrogen) atoms. The Hall–Kier alpha value is -4.06. The molecule has 4 rings (SSSR count). The molecular formula is C28H30N4O2. The predicted octanol–water partition coefficient (Wildman–Crippen LogP) is 5.06. The van der Waals surface area contributed by atoms with E-state index in [0.29, 0.717) is 18.5 Å². The quantitative estimate of drug-likeness (QED) is 0.389. The number of pyridine rings is 2. The Balaban J connectivity index is 0.00000158. The highest BCUT2D eigenvalue weighted by atomic mass is 16.1. The maximum Gasteiger partial charge on any atom is 0.248 e. The van der Waals surface area contributed by atoms with E-state index in [1.54, 1.807) is 18.3 Å². The Kier molecular flexibility index (Phi) is 8.86. The molecule has 0 spiro atoms. The number of carbonyl (C=O) groups is 2. The van der Waals surface area contributed by atoms with Crippen LogP contribution in [-0.4, -0.2) is 21.8 Å². The zero-order chi connectivity index (χ0) is 24.3. The van der Waals surface area contributed by atoms with Crippen LogP contribution in [0.1, 0.15) is 48.3 Å². The lowest BCUT2D eigenvalue weighted by Crippen LogP contribution is -2.22. The van der Waals surface area contributed by atoms with Crippen molar-refractivity contribution < 1.29 is 9.59 Å². The molecule has 6 nitrogen and oxygen atoms in total. The summed E-state index contributed by atoms with van der Waals surface area (Å²) in [6, 6.07) is 23.0. The summed E-state index contributed by atoms with van der Waals surface area (Å²) < 4.78 is 0. The second-order valence-electron chi connectivity index (χ2n) is 7.62. The lowest BCUT2D eigenvalue weighted by atomic mass is 10.0. The summed E-state index contributed by atoms with van der Waals surface area (Å²) >= 11 is 0. The third-order valence-electron chi connectivity index (χ3n) is 5.28. The number of nitrogens with one attached hydrogen (secondary N) is 1. The Labute approximate surface area is 200 Å². The van der Waals surface area contributed by atoms with Crippen molar-refractivity contribution in [3.05, 3.63) is 95.8 Å². The van der Waals surface area contributed by atoms with Crippen LogP contribution in [0.2, 0.25) is 0 Å². The molecule has 2 heterocycles. The fourth-order valence-corrected chi connectivity index (χ4v) is 3.52. The number of hydrogen-bond acceptors (Lipinski definition) is 4. The van der Waals surface area contributed by atoms with Gasteiger partial charge in [-0.1, -0.05) is 50.2 Å². The van der Waals surface area contributed by atoms with Gasteiger partial charge in [0.25, 0.3) is 0 Å². The first-order valence-corrected chi connectivity index (χ1v) is 11.5. The maximum absolute atomic E-state index is 12.2. The van der Waals surface area contributed by atoms with Gasteiger partial charge < -0.3 is 11.1 Å². The Morgan fingerprint density at radius 1 is 0.912 bits per heavy atom. The molecule has 0 unspecified atom stereocenters. The van der Waals surface area contributed by atoms with E-state index in [4.69, 9.17) is 5.73 Å². The Morgan fingerprint density at radius 3 is 2.47 bits per heavy atom. The van der Waals surface area contributed by atoms with Gasteiger partial charge in [-0.15, -0.1) is 0 Å². The van der Waals surface area contributed by atoms with E-state index in [1.165, 1.54) is 0 Å². The zero-order valence-corrected chi connectivity index (χ0v) is 19.6. The van der Waals surface area contributed by atoms with Crippen LogP contribution in [0.4, 0.5) is 0 Å². The Bertz CT molecular complexity index is 1250. The number of primary amides is 1. The molecule has 2 aromatic carbocycles. The first-order valence-electron chi connectivity index (χ1n) is 11.5. The summed E-state index contributed by atoms with van der Waals surface area (Å²) in [5, 5.41) is 3.98. The summed E-state index contributed by atoms with van der Waals surface area (Å²) in [5.41, 5.74) is 10.4. The number of aromatic nitrogens is 2. The lowest BCUT2D eigenvalue weighted by Gasteiger charge is -2.08. The maximum atomic E-state index is 12.2. The van der Waals surface area contributed by atoms with Crippen molar-refractivity contribution in [3.63, 3.8) is 0 Å². The van der Waals surface area contributed by atoms with Gasteiger partial charge >= 0.3 is 0 Å². The predicted molar refractivity (Wildman–Crippen MR) is 136 cm³/mol. The van der Waals surface area contributed by atoms with Crippen molar-refractivity contribution >= 4 is 22.8 Å². The summed E-state index contributed by atoms with van der Waals surface area (Å²) in [7, 11) is 0. The van der Waals surface area contributed by atoms with Crippen molar-refractivity contribution in [2.45, 2.75) is 39.7 Å². The molecule has 0 saturated heterocycles. The fraction of sp³-hybridized carbons (Fsp3) is 0.214. The number of fused-ring (bicyclic) bond motifs is 1. The van der Waals surface area contributed by atoms with E-state index in [2.05, 4.69) is 15.3 Å². The minimum absolute atomic E-state index is 0.0159. The van der Waals surface area contributed by atoms with Crippen LogP contribution in [0.3, 0.4) is 0 Å². The van der Waals surface area contributed by atoms with Crippen LogP contribution >= 0.6 is 0 Å². The minimum atomic E-state index is -0.445.